The molecule has 1 aliphatic rings. The van der Waals surface area contributed by atoms with Crippen molar-refractivity contribution in [3.63, 3.8) is 0 Å². The van der Waals surface area contributed by atoms with E-state index < -0.39 is 0 Å². The van der Waals surface area contributed by atoms with Gasteiger partial charge in [0.15, 0.2) is 0 Å². The summed E-state index contributed by atoms with van der Waals surface area (Å²) in [5.41, 5.74) is 0.981. The zero-order valence-corrected chi connectivity index (χ0v) is 15.9. The van der Waals surface area contributed by atoms with Gasteiger partial charge in [0.25, 0.3) is 0 Å². The first-order valence-corrected chi connectivity index (χ1v) is 9.75. The first kappa shape index (κ1) is 18.9. The smallest absolute Gasteiger partial charge is 0.238 e. The minimum Gasteiger partial charge on any atom is -0.377 e. The maximum Gasteiger partial charge on any atom is 0.238 e. The van der Waals surface area contributed by atoms with Crippen LogP contribution in [0.3, 0.4) is 0 Å². The van der Waals surface area contributed by atoms with E-state index in [1.54, 1.807) is 29.5 Å². The third kappa shape index (κ3) is 5.29. The lowest BCUT2D eigenvalue weighted by Gasteiger charge is -2.24. The number of carbonyl (C=O) groups excluding carboxylic acids is 1. The van der Waals surface area contributed by atoms with Crippen LogP contribution in [0.1, 0.15) is 23.3 Å². The second kappa shape index (κ2) is 9.15. The Hall–Kier alpha value is -1.91. The lowest BCUT2D eigenvalue weighted by molar-refractivity contribution is -0.117. The van der Waals surface area contributed by atoms with Crippen molar-refractivity contribution in [3.05, 3.63) is 51.2 Å². The second-order valence-electron chi connectivity index (χ2n) is 6.24. The number of hydrogen-bond acceptors (Lipinski definition) is 5. The fourth-order valence-electron chi connectivity index (χ4n) is 2.97. The zero-order valence-electron chi connectivity index (χ0n) is 14.3. The van der Waals surface area contributed by atoms with Crippen molar-refractivity contribution in [1.82, 2.24) is 4.90 Å². The molecular weight excluding hydrogens is 370 g/mol. The lowest BCUT2D eigenvalue weighted by atomic mass is 10.2. The van der Waals surface area contributed by atoms with Crippen molar-refractivity contribution in [2.45, 2.75) is 25.5 Å². The van der Waals surface area contributed by atoms with Crippen molar-refractivity contribution in [1.29, 1.82) is 5.26 Å². The SMILES string of the molecule is N#Cc1ccc(NC(=O)CN(Cc2cccs2)C[C@@H]2CCCO2)cc1Cl. The van der Waals surface area contributed by atoms with Gasteiger partial charge in [-0.1, -0.05) is 17.7 Å². The van der Waals surface area contributed by atoms with Crippen LogP contribution >= 0.6 is 22.9 Å². The van der Waals surface area contributed by atoms with E-state index in [-0.39, 0.29) is 18.6 Å². The Morgan fingerprint density at radius 1 is 1.46 bits per heavy atom. The molecule has 5 nitrogen and oxygen atoms in total. The molecule has 1 aromatic carbocycles. The molecule has 1 aromatic heterocycles. The van der Waals surface area contributed by atoms with Crippen LogP contribution in [0.25, 0.3) is 0 Å². The number of nitrogens with zero attached hydrogens (tertiary/aromatic N) is 2. The lowest BCUT2D eigenvalue weighted by Crippen LogP contribution is -2.37. The molecule has 1 amide bonds. The molecule has 0 bridgehead atoms. The highest BCUT2D eigenvalue weighted by molar-refractivity contribution is 7.09. The fourth-order valence-corrected chi connectivity index (χ4v) is 3.94. The molecule has 3 rings (SSSR count). The van der Waals surface area contributed by atoms with E-state index in [4.69, 9.17) is 21.6 Å². The zero-order chi connectivity index (χ0) is 18.4. The van der Waals surface area contributed by atoms with Crippen molar-refractivity contribution in [2.24, 2.45) is 0 Å². The van der Waals surface area contributed by atoms with Crippen molar-refractivity contribution in [2.75, 3.05) is 25.0 Å². The largest absolute Gasteiger partial charge is 0.377 e. The van der Waals surface area contributed by atoms with Crippen LogP contribution < -0.4 is 5.32 Å². The van der Waals surface area contributed by atoms with E-state index in [1.165, 1.54) is 4.88 Å². The molecule has 1 atom stereocenters. The van der Waals surface area contributed by atoms with Crippen LogP contribution in [-0.2, 0) is 16.1 Å². The van der Waals surface area contributed by atoms with E-state index in [1.807, 2.05) is 17.5 Å². The number of carbonyl (C=O) groups is 1. The van der Waals surface area contributed by atoms with Crippen molar-refractivity contribution >= 4 is 34.5 Å². The number of ether oxygens (including phenoxy) is 1. The average molecular weight is 390 g/mol. The third-order valence-electron chi connectivity index (χ3n) is 4.19. The molecule has 2 heterocycles. The number of nitrogens with one attached hydrogen (secondary N) is 1. The predicted molar refractivity (Wildman–Crippen MR) is 103 cm³/mol. The van der Waals surface area contributed by atoms with Crippen LogP contribution in [0.15, 0.2) is 35.7 Å². The van der Waals surface area contributed by atoms with Gasteiger partial charge in [-0.15, -0.1) is 11.3 Å². The monoisotopic (exact) mass is 389 g/mol. The van der Waals surface area contributed by atoms with E-state index in [2.05, 4.69) is 16.3 Å². The molecule has 0 aliphatic carbocycles. The van der Waals surface area contributed by atoms with E-state index >= 15 is 0 Å². The summed E-state index contributed by atoms with van der Waals surface area (Å²) in [4.78, 5) is 15.8. The predicted octanol–water partition coefficient (Wildman–Crippen LogP) is 3.89. The molecule has 1 aliphatic heterocycles. The molecule has 0 spiro atoms. The molecule has 136 valence electrons. The highest BCUT2D eigenvalue weighted by Crippen LogP contribution is 2.21. The highest BCUT2D eigenvalue weighted by atomic mass is 35.5. The Bertz CT molecular complexity index is 783. The van der Waals surface area contributed by atoms with Gasteiger partial charge in [-0.05, 0) is 42.5 Å². The minimum absolute atomic E-state index is 0.111. The third-order valence-corrected chi connectivity index (χ3v) is 5.36. The Balaban J connectivity index is 1.62. The van der Waals surface area contributed by atoms with Crippen LogP contribution in [0.2, 0.25) is 5.02 Å². The van der Waals surface area contributed by atoms with Gasteiger partial charge in [0.05, 0.1) is 23.2 Å². The van der Waals surface area contributed by atoms with Crippen LogP contribution in [0.5, 0.6) is 0 Å². The summed E-state index contributed by atoms with van der Waals surface area (Å²) < 4.78 is 5.73. The Kier molecular flexibility index (Phi) is 6.64. The molecule has 0 radical (unpaired) electrons. The molecule has 1 saturated heterocycles. The standard InChI is InChI=1S/C19H20ClN3O2S/c20-18-9-15(6-5-14(18)10-21)22-19(24)13-23(11-16-3-1-7-25-16)12-17-4-2-8-26-17/h2,4-6,8-9,16H,1,3,7,11-13H2,(H,22,24)/t16-/m0/s1. The second-order valence-corrected chi connectivity index (χ2v) is 7.68. The van der Waals surface area contributed by atoms with Gasteiger partial charge in [0, 0.05) is 30.3 Å². The number of nitriles is 1. The van der Waals surface area contributed by atoms with E-state index in [0.717, 1.165) is 32.5 Å². The maximum absolute atomic E-state index is 12.5. The summed E-state index contributed by atoms with van der Waals surface area (Å²) in [5, 5.41) is 14.2. The summed E-state index contributed by atoms with van der Waals surface area (Å²) >= 11 is 7.71. The molecule has 2 aromatic rings. The summed E-state index contributed by atoms with van der Waals surface area (Å²) in [5.74, 6) is -0.111. The number of amides is 1. The fraction of sp³-hybridized carbons (Fsp3) is 0.368. The van der Waals surface area contributed by atoms with Crippen LogP contribution in [-0.4, -0.2) is 36.6 Å². The molecular formula is C19H20ClN3O2S. The Labute approximate surface area is 162 Å². The minimum atomic E-state index is -0.111. The maximum atomic E-state index is 12.5. The van der Waals surface area contributed by atoms with Gasteiger partial charge in [-0.2, -0.15) is 5.26 Å². The molecule has 26 heavy (non-hydrogen) atoms. The number of benzene rings is 1. The molecule has 0 saturated carbocycles. The number of thiophene rings is 1. The van der Waals surface area contributed by atoms with Crippen LogP contribution in [0, 0.1) is 11.3 Å². The van der Waals surface area contributed by atoms with Gasteiger partial charge >= 0.3 is 0 Å². The first-order chi connectivity index (χ1) is 12.6. The topological polar surface area (TPSA) is 65.4 Å². The number of halogens is 1. The number of rotatable bonds is 7. The molecule has 7 heteroatoms. The number of anilines is 1. The van der Waals surface area contributed by atoms with Crippen LogP contribution in [0.4, 0.5) is 5.69 Å². The summed E-state index contributed by atoms with van der Waals surface area (Å²) in [6, 6.07) is 11.0. The normalized spacial score (nSPS) is 16.6. The molecule has 1 fully saturated rings. The van der Waals surface area contributed by atoms with E-state index in [9.17, 15) is 4.79 Å². The van der Waals surface area contributed by atoms with E-state index in [0.29, 0.717) is 16.3 Å². The first-order valence-electron chi connectivity index (χ1n) is 8.50. The van der Waals surface area contributed by atoms with Gasteiger partial charge < -0.3 is 10.1 Å². The average Bonchev–Trinajstić information content (AvgIpc) is 3.29. The Morgan fingerprint density at radius 2 is 2.35 bits per heavy atom. The van der Waals surface area contributed by atoms with Gasteiger partial charge in [0.2, 0.25) is 5.91 Å². The van der Waals surface area contributed by atoms with Crippen molar-refractivity contribution < 1.29 is 9.53 Å². The van der Waals surface area contributed by atoms with Gasteiger partial charge in [-0.25, -0.2) is 0 Å². The summed E-state index contributed by atoms with van der Waals surface area (Å²) in [6.07, 6.45) is 2.30. The summed E-state index contributed by atoms with van der Waals surface area (Å²) in [6.45, 7) is 2.53. The number of hydrogen-bond donors (Lipinski definition) is 1. The van der Waals surface area contributed by atoms with Crippen molar-refractivity contribution in [3.8, 4) is 6.07 Å². The Morgan fingerprint density at radius 3 is 3.00 bits per heavy atom. The summed E-state index contributed by atoms with van der Waals surface area (Å²) in [7, 11) is 0. The molecule has 1 N–H and O–H groups in total. The highest BCUT2D eigenvalue weighted by Gasteiger charge is 2.21. The quantitative estimate of drug-likeness (QED) is 0.780. The van der Waals surface area contributed by atoms with Gasteiger partial charge in [-0.3, -0.25) is 9.69 Å². The van der Waals surface area contributed by atoms with Gasteiger partial charge in [0.1, 0.15) is 6.07 Å². The molecule has 0 unspecified atom stereocenters.